The number of anilines is 1. The summed E-state index contributed by atoms with van der Waals surface area (Å²) in [7, 11) is 2.23. The van der Waals surface area contributed by atoms with Gasteiger partial charge in [0.25, 0.3) is 5.91 Å². The lowest BCUT2D eigenvalue weighted by Crippen LogP contribution is -2.49. The van der Waals surface area contributed by atoms with Gasteiger partial charge < -0.3 is 15.5 Å². The third-order valence-corrected chi connectivity index (χ3v) is 7.63. The Kier molecular flexibility index (Phi) is 6.45. The first-order valence-corrected chi connectivity index (χ1v) is 11.6. The van der Waals surface area contributed by atoms with E-state index in [-0.39, 0.29) is 5.91 Å². The van der Waals surface area contributed by atoms with Crippen LogP contribution in [0, 0.1) is 5.92 Å². The molecule has 5 heteroatoms. The van der Waals surface area contributed by atoms with Crippen LogP contribution in [-0.2, 0) is 0 Å². The summed E-state index contributed by atoms with van der Waals surface area (Å²) in [6, 6.07) is 7.19. The molecule has 1 amide bonds. The largest absolute Gasteiger partial charge is 0.371 e. The van der Waals surface area contributed by atoms with Crippen LogP contribution in [0.2, 0.25) is 0 Å². The van der Waals surface area contributed by atoms with Crippen molar-refractivity contribution in [2.24, 2.45) is 11.7 Å². The summed E-state index contributed by atoms with van der Waals surface area (Å²) in [5, 5.41) is 0. The highest BCUT2D eigenvalue weighted by Crippen LogP contribution is 2.37. The van der Waals surface area contributed by atoms with E-state index >= 15 is 0 Å². The van der Waals surface area contributed by atoms with Crippen LogP contribution >= 0.6 is 0 Å². The summed E-state index contributed by atoms with van der Waals surface area (Å²) in [6.45, 7) is 9.22. The normalized spacial score (nSPS) is 27.9. The molecule has 5 nitrogen and oxygen atoms in total. The van der Waals surface area contributed by atoms with Crippen molar-refractivity contribution in [3.63, 3.8) is 0 Å². The average molecular weight is 399 g/mol. The fourth-order valence-electron chi connectivity index (χ4n) is 5.48. The molecular formula is C24H38N4O. The van der Waals surface area contributed by atoms with Crippen molar-refractivity contribution >= 4 is 11.6 Å². The van der Waals surface area contributed by atoms with Crippen LogP contribution in [0.15, 0.2) is 18.2 Å². The Morgan fingerprint density at radius 1 is 0.931 bits per heavy atom. The van der Waals surface area contributed by atoms with Crippen molar-refractivity contribution < 1.29 is 4.79 Å². The number of carbonyl (C=O) groups is 1. The first-order valence-electron chi connectivity index (χ1n) is 11.6. The van der Waals surface area contributed by atoms with E-state index in [9.17, 15) is 4.79 Å². The summed E-state index contributed by atoms with van der Waals surface area (Å²) in [5.74, 6) is 1.09. The van der Waals surface area contributed by atoms with Crippen LogP contribution < -0.4 is 10.6 Å². The highest BCUT2D eigenvalue weighted by molar-refractivity contribution is 5.98. The van der Waals surface area contributed by atoms with E-state index in [4.69, 9.17) is 5.73 Å². The van der Waals surface area contributed by atoms with E-state index in [1.807, 2.05) is 6.07 Å². The lowest BCUT2D eigenvalue weighted by atomic mass is 9.80. The molecule has 2 aliphatic heterocycles. The molecule has 1 saturated carbocycles. The molecule has 160 valence electrons. The minimum atomic E-state index is -0.302. The minimum Gasteiger partial charge on any atom is -0.371 e. The van der Waals surface area contributed by atoms with Gasteiger partial charge >= 0.3 is 0 Å². The standard InChI is InChI=1S/C24H38N4O/c1-18-9-11-28(12-10-18)23-17-20(5-8-22(23)24(25)29)19-3-6-21(7-4-19)27-15-13-26(2)14-16-27/h5,8,17-19,21H,3-4,6-7,9-16H2,1-2H3,(H2,25,29). The number of nitrogens with zero attached hydrogens (tertiary/aromatic N) is 3. The van der Waals surface area contributed by atoms with Gasteiger partial charge in [-0.3, -0.25) is 9.69 Å². The van der Waals surface area contributed by atoms with Crippen LogP contribution in [-0.4, -0.2) is 68.1 Å². The van der Waals surface area contributed by atoms with Gasteiger partial charge in [-0.2, -0.15) is 0 Å². The molecule has 1 aliphatic carbocycles. The van der Waals surface area contributed by atoms with Gasteiger partial charge in [0, 0.05) is 51.0 Å². The lowest BCUT2D eigenvalue weighted by Gasteiger charge is -2.41. The molecule has 29 heavy (non-hydrogen) atoms. The number of piperazine rings is 1. The maximum atomic E-state index is 12.0. The molecule has 0 radical (unpaired) electrons. The Morgan fingerprint density at radius 2 is 1.59 bits per heavy atom. The Labute approximate surface area is 176 Å². The summed E-state index contributed by atoms with van der Waals surface area (Å²) in [6.07, 6.45) is 7.48. The minimum absolute atomic E-state index is 0.302. The SMILES string of the molecule is CC1CCN(c2cc(C3CCC(N4CCN(C)CC4)CC3)ccc2C(N)=O)CC1. The molecule has 1 aromatic rings. The lowest BCUT2D eigenvalue weighted by molar-refractivity contribution is 0.0878. The first kappa shape index (κ1) is 20.7. The molecule has 2 heterocycles. The van der Waals surface area contributed by atoms with Crippen molar-refractivity contribution in [1.82, 2.24) is 9.80 Å². The van der Waals surface area contributed by atoms with Gasteiger partial charge in [0.2, 0.25) is 0 Å². The second-order valence-electron chi connectivity index (χ2n) is 9.66. The molecule has 0 atom stereocenters. The number of carbonyl (C=O) groups excluding carboxylic acids is 1. The van der Waals surface area contributed by atoms with E-state index in [1.54, 1.807) is 0 Å². The van der Waals surface area contributed by atoms with E-state index in [0.717, 1.165) is 30.7 Å². The fraction of sp³-hybridized carbons (Fsp3) is 0.708. The zero-order chi connectivity index (χ0) is 20.4. The summed E-state index contributed by atoms with van der Waals surface area (Å²) in [4.78, 5) is 19.6. The number of hydrogen-bond donors (Lipinski definition) is 1. The summed E-state index contributed by atoms with van der Waals surface area (Å²) < 4.78 is 0. The highest BCUT2D eigenvalue weighted by Gasteiger charge is 2.29. The smallest absolute Gasteiger partial charge is 0.250 e. The van der Waals surface area contributed by atoms with Crippen molar-refractivity contribution in [2.75, 3.05) is 51.2 Å². The number of nitrogens with two attached hydrogens (primary N) is 1. The van der Waals surface area contributed by atoms with Gasteiger partial charge in [0.15, 0.2) is 0 Å². The van der Waals surface area contributed by atoms with E-state index in [1.165, 1.54) is 70.3 Å². The number of primary amides is 1. The molecule has 0 unspecified atom stereocenters. The molecule has 4 rings (SSSR count). The van der Waals surface area contributed by atoms with Crippen LogP contribution in [0.25, 0.3) is 0 Å². The Bertz CT molecular complexity index is 697. The van der Waals surface area contributed by atoms with Gasteiger partial charge in [-0.15, -0.1) is 0 Å². The molecule has 0 aromatic heterocycles. The van der Waals surface area contributed by atoms with Gasteiger partial charge in [0.05, 0.1) is 5.56 Å². The average Bonchev–Trinajstić information content (AvgIpc) is 2.74. The van der Waals surface area contributed by atoms with Crippen LogP contribution in [0.4, 0.5) is 5.69 Å². The molecule has 1 aromatic carbocycles. The number of piperidine rings is 1. The number of amides is 1. The highest BCUT2D eigenvalue weighted by atomic mass is 16.1. The van der Waals surface area contributed by atoms with E-state index in [2.05, 4.69) is 40.8 Å². The van der Waals surface area contributed by atoms with E-state index < -0.39 is 0 Å². The monoisotopic (exact) mass is 398 g/mol. The van der Waals surface area contributed by atoms with Gasteiger partial charge in [0.1, 0.15) is 0 Å². The summed E-state index contributed by atoms with van der Waals surface area (Å²) >= 11 is 0. The fourth-order valence-corrected chi connectivity index (χ4v) is 5.48. The van der Waals surface area contributed by atoms with Crippen molar-refractivity contribution in [3.05, 3.63) is 29.3 Å². The molecule has 0 bridgehead atoms. The number of benzene rings is 1. The Hall–Kier alpha value is -1.59. The summed E-state index contributed by atoms with van der Waals surface area (Å²) in [5.41, 5.74) is 8.88. The van der Waals surface area contributed by atoms with E-state index in [0.29, 0.717) is 11.5 Å². The number of likely N-dealkylation sites (N-methyl/N-ethyl adjacent to an activating group) is 1. The maximum absolute atomic E-state index is 12.0. The molecule has 2 N–H and O–H groups in total. The molecule has 2 saturated heterocycles. The van der Waals surface area contributed by atoms with Gasteiger partial charge in [-0.05, 0) is 75.1 Å². The van der Waals surface area contributed by atoms with Gasteiger partial charge in [-0.25, -0.2) is 0 Å². The zero-order valence-corrected chi connectivity index (χ0v) is 18.3. The van der Waals surface area contributed by atoms with Crippen LogP contribution in [0.5, 0.6) is 0 Å². The van der Waals surface area contributed by atoms with Gasteiger partial charge in [-0.1, -0.05) is 13.0 Å². The zero-order valence-electron chi connectivity index (χ0n) is 18.3. The Balaban J connectivity index is 1.43. The van der Waals surface area contributed by atoms with Crippen molar-refractivity contribution in [2.45, 2.75) is 57.4 Å². The maximum Gasteiger partial charge on any atom is 0.250 e. The second-order valence-corrected chi connectivity index (χ2v) is 9.66. The molecule has 3 fully saturated rings. The predicted molar refractivity (Wildman–Crippen MR) is 120 cm³/mol. The third kappa shape index (κ3) is 4.77. The van der Waals surface area contributed by atoms with Crippen LogP contribution in [0.1, 0.15) is 67.3 Å². The third-order valence-electron chi connectivity index (χ3n) is 7.63. The first-order chi connectivity index (χ1) is 14.0. The van der Waals surface area contributed by atoms with Crippen molar-refractivity contribution in [1.29, 1.82) is 0 Å². The van der Waals surface area contributed by atoms with Crippen molar-refractivity contribution in [3.8, 4) is 0 Å². The molecular weight excluding hydrogens is 360 g/mol. The second kappa shape index (κ2) is 9.05. The number of hydrogen-bond acceptors (Lipinski definition) is 4. The molecule has 0 spiro atoms. The quantitative estimate of drug-likeness (QED) is 0.846. The molecule has 3 aliphatic rings. The number of rotatable bonds is 4. The topological polar surface area (TPSA) is 52.8 Å². The van der Waals surface area contributed by atoms with Crippen LogP contribution in [0.3, 0.4) is 0 Å². The predicted octanol–water partition coefficient (Wildman–Crippen LogP) is 3.30. The Morgan fingerprint density at radius 3 is 2.21 bits per heavy atom.